The average Bonchev–Trinajstić information content (AvgIpc) is 2.81. The lowest BCUT2D eigenvalue weighted by Gasteiger charge is -2.12. The third kappa shape index (κ3) is 2.79. The van der Waals surface area contributed by atoms with Gasteiger partial charge in [-0.25, -0.2) is 8.42 Å². The lowest BCUT2D eigenvalue weighted by molar-refractivity contribution is 0.417. The molecule has 0 radical (unpaired) electrons. The van der Waals surface area contributed by atoms with Crippen LogP contribution in [0, 0.1) is 6.92 Å². The van der Waals surface area contributed by atoms with E-state index in [1.54, 1.807) is 36.6 Å². The van der Waals surface area contributed by atoms with Gasteiger partial charge in [0.05, 0.1) is 12.8 Å². The fraction of sp³-hybridized carbons (Fsp3) is 0.231. The third-order valence-electron chi connectivity index (χ3n) is 2.79. The van der Waals surface area contributed by atoms with Crippen molar-refractivity contribution >= 4 is 27.0 Å². The summed E-state index contributed by atoms with van der Waals surface area (Å²) in [6.07, 6.45) is 0. The predicted molar refractivity (Wildman–Crippen MR) is 80.7 cm³/mol. The maximum Gasteiger partial charge on any atom is 0.263 e. The van der Waals surface area contributed by atoms with Crippen molar-refractivity contribution < 1.29 is 13.2 Å². The molecule has 0 saturated carbocycles. The Balaban J connectivity index is 2.44. The first kappa shape index (κ1) is 14.8. The number of para-hydroxylation sites is 2. The van der Waals surface area contributed by atoms with E-state index in [1.807, 2.05) is 0 Å². The molecular weight excluding hydrogens is 296 g/mol. The van der Waals surface area contributed by atoms with E-state index >= 15 is 0 Å². The number of anilines is 1. The van der Waals surface area contributed by atoms with Gasteiger partial charge in [-0.1, -0.05) is 12.1 Å². The molecule has 5 nitrogen and oxygen atoms in total. The number of ether oxygens (including phenoxy) is 1. The highest BCUT2D eigenvalue weighted by molar-refractivity contribution is 7.93. The van der Waals surface area contributed by atoms with E-state index in [0.717, 1.165) is 0 Å². The van der Waals surface area contributed by atoms with Crippen LogP contribution in [0.5, 0.6) is 5.75 Å². The SMILES string of the molecule is COc1ccccc1NS(=O)(=O)c1c(C)csc1CN. The summed E-state index contributed by atoms with van der Waals surface area (Å²) in [6, 6.07) is 6.87. The Labute approximate surface area is 122 Å². The van der Waals surface area contributed by atoms with E-state index in [-0.39, 0.29) is 11.4 Å². The molecule has 1 aromatic heterocycles. The molecule has 0 spiro atoms. The molecule has 108 valence electrons. The molecule has 20 heavy (non-hydrogen) atoms. The molecule has 2 aromatic rings. The molecule has 7 heteroatoms. The molecule has 1 aromatic carbocycles. The second kappa shape index (κ2) is 5.82. The van der Waals surface area contributed by atoms with Gasteiger partial charge in [0, 0.05) is 11.4 Å². The van der Waals surface area contributed by atoms with Gasteiger partial charge in [-0.05, 0) is 30.0 Å². The highest BCUT2D eigenvalue weighted by atomic mass is 32.2. The maximum atomic E-state index is 12.5. The summed E-state index contributed by atoms with van der Waals surface area (Å²) in [6.45, 7) is 1.95. The molecule has 2 rings (SSSR count). The smallest absolute Gasteiger partial charge is 0.263 e. The summed E-state index contributed by atoms with van der Waals surface area (Å²) in [7, 11) is -2.18. The van der Waals surface area contributed by atoms with Crippen LogP contribution in [0.2, 0.25) is 0 Å². The van der Waals surface area contributed by atoms with Crippen LogP contribution in [0.3, 0.4) is 0 Å². The van der Waals surface area contributed by atoms with Crippen LogP contribution in [0.1, 0.15) is 10.4 Å². The number of nitrogens with one attached hydrogen (secondary N) is 1. The van der Waals surface area contributed by atoms with Crippen LogP contribution in [0.4, 0.5) is 5.69 Å². The van der Waals surface area contributed by atoms with E-state index in [1.165, 1.54) is 18.4 Å². The first-order valence-corrected chi connectivity index (χ1v) is 8.28. The lowest BCUT2D eigenvalue weighted by atomic mass is 10.3. The molecule has 1 heterocycles. The minimum absolute atomic E-state index is 0.195. The minimum Gasteiger partial charge on any atom is -0.495 e. The van der Waals surface area contributed by atoms with E-state index in [9.17, 15) is 8.42 Å². The molecule has 3 N–H and O–H groups in total. The standard InChI is InChI=1S/C13H16N2O3S2/c1-9-8-19-12(7-14)13(9)20(16,17)15-10-5-3-4-6-11(10)18-2/h3-6,8,15H,7,14H2,1-2H3. The highest BCUT2D eigenvalue weighted by Gasteiger charge is 2.23. The Hall–Kier alpha value is -1.57. The zero-order chi connectivity index (χ0) is 14.8. The summed E-state index contributed by atoms with van der Waals surface area (Å²) in [5.41, 5.74) is 6.70. The molecule has 0 atom stereocenters. The van der Waals surface area contributed by atoms with Gasteiger partial charge in [0.15, 0.2) is 0 Å². The Morgan fingerprint density at radius 3 is 2.70 bits per heavy atom. The molecule has 0 bridgehead atoms. The number of benzene rings is 1. The third-order valence-corrected chi connectivity index (χ3v) is 5.65. The molecule has 0 saturated heterocycles. The van der Waals surface area contributed by atoms with Crippen molar-refractivity contribution in [3.8, 4) is 5.75 Å². The zero-order valence-electron chi connectivity index (χ0n) is 11.2. The Morgan fingerprint density at radius 1 is 1.35 bits per heavy atom. The number of thiophene rings is 1. The van der Waals surface area contributed by atoms with Crippen molar-refractivity contribution in [1.82, 2.24) is 0 Å². The summed E-state index contributed by atoms with van der Waals surface area (Å²) < 4.78 is 32.7. The average molecular weight is 312 g/mol. The van der Waals surface area contributed by atoms with Gasteiger partial charge < -0.3 is 10.5 Å². The molecule has 0 amide bonds. The molecule has 0 aliphatic carbocycles. The number of rotatable bonds is 5. The largest absolute Gasteiger partial charge is 0.495 e. The lowest BCUT2D eigenvalue weighted by Crippen LogP contribution is -2.16. The van der Waals surface area contributed by atoms with Crippen molar-refractivity contribution in [2.75, 3.05) is 11.8 Å². The first-order chi connectivity index (χ1) is 9.49. The van der Waals surface area contributed by atoms with Crippen LogP contribution in [0.15, 0.2) is 34.5 Å². The summed E-state index contributed by atoms with van der Waals surface area (Å²) in [5, 5.41) is 1.79. The summed E-state index contributed by atoms with van der Waals surface area (Å²) >= 11 is 1.35. The van der Waals surface area contributed by atoms with Crippen molar-refractivity contribution in [1.29, 1.82) is 0 Å². The van der Waals surface area contributed by atoms with Gasteiger partial charge in [-0.3, -0.25) is 4.72 Å². The zero-order valence-corrected chi connectivity index (χ0v) is 12.8. The number of sulfonamides is 1. The van der Waals surface area contributed by atoms with Gasteiger partial charge in [0.25, 0.3) is 10.0 Å². The van der Waals surface area contributed by atoms with Gasteiger partial charge in [0.1, 0.15) is 10.6 Å². The first-order valence-electron chi connectivity index (χ1n) is 5.92. The number of hydrogen-bond acceptors (Lipinski definition) is 5. The quantitative estimate of drug-likeness (QED) is 0.888. The second-order valence-corrected chi connectivity index (χ2v) is 6.76. The fourth-order valence-corrected chi connectivity index (χ4v) is 4.69. The number of methoxy groups -OCH3 is 1. The van der Waals surface area contributed by atoms with Gasteiger partial charge in [-0.15, -0.1) is 11.3 Å². The Morgan fingerprint density at radius 2 is 2.05 bits per heavy atom. The number of hydrogen-bond donors (Lipinski definition) is 2. The second-order valence-electron chi connectivity index (χ2n) is 4.18. The predicted octanol–water partition coefficient (Wildman–Crippen LogP) is 2.32. The normalized spacial score (nSPS) is 11.3. The summed E-state index contributed by atoms with van der Waals surface area (Å²) in [4.78, 5) is 0.904. The number of aryl methyl sites for hydroxylation is 1. The molecule has 0 aliphatic heterocycles. The highest BCUT2D eigenvalue weighted by Crippen LogP contribution is 2.31. The van der Waals surface area contributed by atoms with Gasteiger partial charge in [-0.2, -0.15) is 0 Å². The van der Waals surface area contributed by atoms with Gasteiger partial charge >= 0.3 is 0 Å². The van der Waals surface area contributed by atoms with E-state index in [2.05, 4.69) is 4.72 Å². The van der Waals surface area contributed by atoms with Crippen LogP contribution in [-0.4, -0.2) is 15.5 Å². The van der Waals surface area contributed by atoms with Crippen molar-refractivity contribution in [3.05, 3.63) is 40.1 Å². The van der Waals surface area contributed by atoms with Crippen molar-refractivity contribution in [2.24, 2.45) is 5.73 Å². The summed E-state index contributed by atoms with van der Waals surface area (Å²) in [5.74, 6) is 0.471. The molecule has 0 fully saturated rings. The maximum absolute atomic E-state index is 12.5. The van der Waals surface area contributed by atoms with E-state index < -0.39 is 10.0 Å². The van der Waals surface area contributed by atoms with E-state index in [0.29, 0.717) is 21.9 Å². The Kier molecular flexibility index (Phi) is 4.32. The molecule has 0 unspecified atom stereocenters. The number of nitrogens with two attached hydrogens (primary N) is 1. The minimum atomic E-state index is -3.68. The van der Waals surface area contributed by atoms with Crippen molar-refractivity contribution in [2.45, 2.75) is 18.4 Å². The fourth-order valence-electron chi connectivity index (χ4n) is 1.91. The topological polar surface area (TPSA) is 81.4 Å². The van der Waals surface area contributed by atoms with Crippen LogP contribution in [0.25, 0.3) is 0 Å². The molecule has 0 aliphatic rings. The van der Waals surface area contributed by atoms with Crippen LogP contribution in [-0.2, 0) is 16.6 Å². The van der Waals surface area contributed by atoms with Crippen molar-refractivity contribution in [3.63, 3.8) is 0 Å². The van der Waals surface area contributed by atoms with E-state index in [4.69, 9.17) is 10.5 Å². The van der Waals surface area contributed by atoms with Crippen LogP contribution < -0.4 is 15.2 Å². The Bertz CT molecular complexity index is 708. The molecular formula is C13H16N2O3S2. The van der Waals surface area contributed by atoms with Crippen LogP contribution >= 0.6 is 11.3 Å². The van der Waals surface area contributed by atoms with Gasteiger partial charge in [0.2, 0.25) is 0 Å². The monoisotopic (exact) mass is 312 g/mol.